The van der Waals surface area contributed by atoms with Crippen LogP contribution in [0.4, 0.5) is 0 Å². The fraction of sp³-hybridized carbons (Fsp3) is 0. The van der Waals surface area contributed by atoms with Gasteiger partial charge in [0.25, 0.3) is 0 Å². The molecule has 0 unspecified atom stereocenters. The molecule has 8 heteroatoms. The molecule has 0 spiro atoms. The first kappa shape index (κ1) is 15.7. The predicted octanol–water partition coefficient (Wildman–Crippen LogP) is 4.22. The molecule has 6 aromatic heterocycles. The van der Waals surface area contributed by atoms with Crippen molar-refractivity contribution in [3.05, 3.63) is 67.8 Å². The predicted molar refractivity (Wildman–Crippen MR) is 108 cm³/mol. The highest BCUT2D eigenvalue weighted by atomic mass is 16.3. The topological polar surface area (TPSA) is 109 Å². The molecular weight excluding hydrogens is 366 g/mol. The summed E-state index contributed by atoms with van der Waals surface area (Å²) < 4.78 is 5.24. The standard InChI is InChI=1S/C21H13N7O/c1-3-24-20-15(14(1)12-2-6-29-11-12)8-17(26-20)19-16-7-13(9-25-21(16)28-27-19)18-10-22-4-5-23-18/h1-11H,(H,24,26)(H,25,27,28). The van der Waals surface area contributed by atoms with Gasteiger partial charge in [0.1, 0.15) is 11.3 Å². The Bertz CT molecular complexity index is 1450. The lowest BCUT2D eigenvalue weighted by Gasteiger charge is -2.00. The lowest BCUT2D eigenvalue weighted by atomic mass is 10.1. The molecule has 0 aliphatic carbocycles. The summed E-state index contributed by atoms with van der Waals surface area (Å²) in [5.74, 6) is 0. The van der Waals surface area contributed by atoms with Crippen LogP contribution in [0.25, 0.3) is 55.8 Å². The molecule has 2 N–H and O–H groups in total. The molecule has 0 bridgehead atoms. The minimum absolute atomic E-state index is 0.703. The zero-order valence-corrected chi connectivity index (χ0v) is 15.0. The Balaban J connectivity index is 1.53. The molecule has 138 valence electrons. The molecule has 0 aliphatic rings. The van der Waals surface area contributed by atoms with Gasteiger partial charge in [-0.1, -0.05) is 0 Å². The summed E-state index contributed by atoms with van der Waals surface area (Å²) in [6.07, 6.45) is 12.0. The van der Waals surface area contributed by atoms with Crippen LogP contribution >= 0.6 is 0 Å². The van der Waals surface area contributed by atoms with Gasteiger partial charge >= 0.3 is 0 Å². The van der Waals surface area contributed by atoms with Gasteiger partial charge in [-0.3, -0.25) is 15.1 Å². The van der Waals surface area contributed by atoms with Crippen LogP contribution in [-0.4, -0.2) is 35.1 Å². The van der Waals surface area contributed by atoms with Gasteiger partial charge in [-0.2, -0.15) is 5.10 Å². The number of rotatable bonds is 3. The van der Waals surface area contributed by atoms with Crippen LogP contribution in [0.2, 0.25) is 0 Å². The first-order valence-corrected chi connectivity index (χ1v) is 8.98. The molecule has 0 saturated heterocycles. The average molecular weight is 379 g/mol. The second-order valence-corrected chi connectivity index (χ2v) is 6.60. The number of nitrogens with one attached hydrogen (secondary N) is 2. The molecular formula is C21H13N7O. The van der Waals surface area contributed by atoms with E-state index in [1.54, 1.807) is 43.5 Å². The van der Waals surface area contributed by atoms with Crippen molar-refractivity contribution >= 4 is 22.1 Å². The Morgan fingerprint density at radius 3 is 2.69 bits per heavy atom. The largest absolute Gasteiger partial charge is 0.472 e. The molecule has 6 heterocycles. The molecule has 0 aromatic carbocycles. The van der Waals surface area contributed by atoms with Crippen LogP contribution in [-0.2, 0) is 0 Å². The Morgan fingerprint density at radius 1 is 0.828 bits per heavy atom. The van der Waals surface area contributed by atoms with Crippen LogP contribution in [0.3, 0.4) is 0 Å². The van der Waals surface area contributed by atoms with Gasteiger partial charge in [-0.05, 0) is 29.8 Å². The Labute approximate surface area is 163 Å². The SMILES string of the molecule is c1cnc(-c2cnc3[nH]nc(-c4cc5c(-c6ccoc6)ccnc5[nH]4)c3c2)cn1. The third-order valence-corrected chi connectivity index (χ3v) is 4.89. The normalized spacial score (nSPS) is 11.4. The Kier molecular flexibility index (Phi) is 3.30. The highest BCUT2D eigenvalue weighted by Gasteiger charge is 2.16. The van der Waals surface area contributed by atoms with E-state index in [0.29, 0.717) is 5.65 Å². The second-order valence-electron chi connectivity index (χ2n) is 6.60. The molecule has 0 amide bonds. The third-order valence-electron chi connectivity index (χ3n) is 4.89. The summed E-state index contributed by atoms with van der Waals surface area (Å²) in [6.45, 7) is 0. The summed E-state index contributed by atoms with van der Waals surface area (Å²) in [5, 5.41) is 9.38. The van der Waals surface area contributed by atoms with Gasteiger partial charge in [-0.25, -0.2) is 9.97 Å². The lowest BCUT2D eigenvalue weighted by Crippen LogP contribution is -1.86. The van der Waals surface area contributed by atoms with Crippen LogP contribution in [0.1, 0.15) is 0 Å². The summed E-state index contributed by atoms with van der Waals surface area (Å²) in [6, 6.07) is 7.97. The highest BCUT2D eigenvalue weighted by molar-refractivity contribution is 5.99. The van der Waals surface area contributed by atoms with E-state index in [2.05, 4.69) is 41.2 Å². The quantitative estimate of drug-likeness (QED) is 0.476. The van der Waals surface area contributed by atoms with Crippen LogP contribution in [0.5, 0.6) is 0 Å². The van der Waals surface area contributed by atoms with Crippen LogP contribution < -0.4 is 0 Å². The second kappa shape index (κ2) is 6.10. The summed E-state index contributed by atoms with van der Waals surface area (Å²) >= 11 is 0. The van der Waals surface area contributed by atoms with Gasteiger partial charge in [0, 0.05) is 46.7 Å². The minimum Gasteiger partial charge on any atom is -0.472 e. The monoisotopic (exact) mass is 379 g/mol. The number of hydrogen-bond acceptors (Lipinski definition) is 6. The number of fused-ring (bicyclic) bond motifs is 2. The molecule has 0 saturated carbocycles. The van der Waals surface area contributed by atoms with Crippen molar-refractivity contribution in [2.45, 2.75) is 0 Å². The van der Waals surface area contributed by atoms with E-state index in [9.17, 15) is 0 Å². The van der Waals surface area contributed by atoms with Gasteiger partial charge in [0.2, 0.25) is 0 Å². The number of hydrogen-bond donors (Lipinski definition) is 2. The maximum atomic E-state index is 5.24. The van der Waals surface area contributed by atoms with Gasteiger partial charge < -0.3 is 9.40 Å². The highest BCUT2D eigenvalue weighted by Crippen LogP contribution is 2.33. The summed E-state index contributed by atoms with van der Waals surface area (Å²) in [5.41, 5.74) is 6.80. The molecule has 0 atom stereocenters. The number of pyridine rings is 2. The minimum atomic E-state index is 0.703. The van der Waals surface area contributed by atoms with Crippen LogP contribution in [0, 0.1) is 0 Å². The number of aromatic nitrogens is 7. The van der Waals surface area contributed by atoms with E-state index in [4.69, 9.17) is 4.42 Å². The van der Waals surface area contributed by atoms with Crippen molar-refractivity contribution in [3.8, 4) is 33.8 Å². The first-order chi connectivity index (χ1) is 14.4. The molecule has 6 rings (SSSR count). The molecule has 0 radical (unpaired) electrons. The number of furan rings is 1. The van der Waals surface area contributed by atoms with Gasteiger partial charge in [0.05, 0.1) is 30.1 Å². The van der Waals surface area contributed by atoms with E-state index in [-0.39, 0.29) is 0 Å². The van der Waals surface area contributed by atoms with Crippen LogP contribution in [0.15, 0.2) is 72.2 Å². The van der Waals surface area contributed by atoms with Crippen molar-refractivity contribution in [2.75, 3.05) is 0 Å². The first-order valence-electron chi connectivity index (χ1n) is 8.98. The van der Waals surface area contributed by atoms with E-state index in [1.165, 1.54) is 0 Å². The zero-order valence-electron chi connectivity index (χ0n) is 15.0. The van der Waals surface area contributed by atoms with E-state index >= 15 is 0 Å². The van der Waals surface area contributed by atoms with Crippen molar-refractivity contribution in [3.63, 3.8) is 0 Å². The van der Waals surface area contributed by atoms with Crippen molar-refractivity contribution in [2.24, 2.45) is 0 Å². The molecule has 29 heavy (non-hydrogen) atoms. The number of nitrogens with zero attached hydrogens (tertiary/aromatic N) is 5. The van der Waals surface area contributed by atoms with Gasteiger partial charge in [-0.15, -0.1) is 0 Å². The molecule has 8 nitrogen and oxygen atoms in total. The van der Waals surface area contributed by atoms with Crippen molar-refractivity contribution < 1.29 is 4.42 Å². The van der Waals surface area contributed by atoms with E-state index in [0.717, 1.165) is 50.2 Å². The van der Waals surface area contributed by atoms with Crippen molar-refractivity contribution in [1.82, 2.24) is 35.1 Å². The fourth-order valence-electron chi connectivity index (χ4n) is 3.52. The Hall–Kier alpha value is -4.33. The maximum Gasteiger partial charge on any atom is 0.155 e. The molecule has 0 fully saturated rings. The van der Waals surface area contributed by atoms with E-state index < -0.39 is 0 Å². The lowest BCUT2D eigenvalue weighted by molar-refractivity contribution is 0.568. The number of aromatic amines is 2. The zero-order chi connectivity index (χ0) is 19.2. The Morgan fingerprint density at radius 2 is 1.83 bits per heavy atom. The fourth-order valence-corrected chi connectivity index (χ4v) is 3.52. The number of H-pyrrole nitrogens is 2. The molecule has 6 aromatic rings. The average Bonchev–Trinajstić information content (AvgIpc) is 3.52. The van der Waals surface area contributed by atoms with Crippen molar-refractivity contribution in [1.29, 1.82) is 0 Å². The molecule has 0 aliphatic heterocycles. The van der Waals surface area contributed by atoms with E-state index in [1.807, 2.05) is 18.2 Å². The summed E-state index contributed by atoms with van der Waals surface area (Å²) in [7, 11) is 0. The van der Waals surface area contributed by atoms with Gasteiger partial charge in [0.15, 0.2) is 5.65 Å². The third kappa shape index (κ3) is 2.50. The smallest absolute Gasteiger partial charge is 0.155 e. The summed E-state index contributed by atoms with van der Waals surface area (Å²) in [4.78, 5) is 20.8. The maximum absolute atomic E-state index is 5.24.